The highest BCUT2D eigenvalue weighted by Crippen LogP contribution is 2.44. The number of hydrogen-bond acceptors (Lipinski definition) is 8. The number of phosphoric ester groups is 1. The maximum atomic E-state index is 12.8. The maximum absolute atomic E-state index is 12.8. The van der Waals surface area contributed by atoms with Crippen molar-refractivity contribution in [3.63, 3.8) is 0 Å². The molecule has 252 valence electrons. The molecule has 0 aromatic heterocycles. The Morgan fingerprint density at radius 1 is 0.778 bits per heavy atom. The molecule has 2 unspecified atom stereocenters. The summed E-state index contributed by atoms with van der Waals surface area (Å²) >= 11 is 0. The minimum Gasteiger partial charge on any atom is -0.494 e. The van der Waals surface area contributed by atoms with Crippen molar-refractivity contribution < 1.29 is 32.7 Å². The molecule has 1 heterocycles. The molecule has 0 fully saturated rings. The summed E-state index contributed by atoms with van der Waals surface area (Å²) in [5.74, 6) is 1.74. The third-order valence-electron chi connectivity index (χ3n) is 7.45. The van der Waals surface area contributed by atoms with Crippen molar-refractivity contribution >= 4 is 7.82 Å². The maximum Gasteiger partial charge on any atom is 0.527 e. The predicted molar refractivity (Wildman–Crippen MR) is 179 cm³/mol. The van der Waals surface area contributed by atoms with Crippen LogP contribution in [-0.2, 0) is 20.4 Å². The minimum atomic E-state index is -4.38. The Hall–Kier alpha value is -2.71. The Morgan fingerprint density at radius 2 is 1.44 bits per heavy atom. The molecule has 0 bridgehead atoms. The second-order valence-electron chi connectivity index (χ2n) is 11.8. The van der Waals surface area contributed by atoms with Gasteiger partial charge in [0.1, 0.15) is 30.0 Å². The third kappa shape index (κ3) is 15.9. The summed E-state index contributed by atoms with van der Waals surface area (Å²) in [5.41, 5.74) is 0.959. The SMILES string of the molecule is CCCCCCCCCCCCOc1ccc(OCC(COP(=O)(O)Oc2cccc(CN3C=CN(C)C3)c2)OCCC)cc1. The highest BCUT2D eigenvalue weighted by atomic mass is 31.2. The zero-order valence-corrected chi connectivity index (χ0v) is 28.5. The number of phosphoric acid groups is 1. The van der Waals surface area contributed by atoms with Crippen LogP contribution in [0.5, 0.6) is 17.2 Å². The lowest BCUT2D eigenvalue weighted by Crippen LogP contribution is -2.27. The van der Waals surface area contributed by atoms with Gasteiger partial charge in [-0.1, -0.05) is 83.8 Å². The van der Waals surface area contributed by atoms with Crippen molar-refractivity contribution in [3.05, 3.63) is 66.5 Å². The molecule has 0 aliphatic carbocycles. The summed E-state index contributed by atoms with van der Waals surface area (Å²) in [4.78, 5) is 14.6. The van der Waals surface area contributed by atoms with Gasteiger partial charge in [-0.25, -0.2) is 4.57 Å². The van der Waals surface area contributed by atoms with Crippen LogP contribution in [0.15, 0.2) is 60.9 Å². The molecule has 2 atom stereocenters. The van der Waals surface area contributed by atoms with Crippen molar-refractivity contribution in [1.29, 1.82) is 0 Å². The van der Waals surface area contributed by atoms with Crippen molar-refractivity contribution in [2.75, 3.05) is 40.1 Å². The monoisotopic (exact) mass is 646 g/mol. The number of unbranched alkanes of at least 4 members (excludes halogenated alkanes) is 9. The van der Waals surface area contributed by atoms with Gasteiger partial charge in [0.2, 0.25) is 0 Å². The topological polar surface area (TPSA) is 89.9 Å². The van der Waals surface area contributed by atoms with Crippen LogP contribution in [0.2, 0.25) is 0 Å². The summed E-state index contributed by atoms with van der Waals surface area (Å²) in [7, 11) is -2.38. The predicted octanol–water partition coefficient (Wildman–Crippen LogP) is 8.53. The Kier molecular flexibility index (Phi) is 17.3. The molecule has 1 N–H and O–H groups in total. The lowest BCUT2D eigenvalue weighted by Gasteiger charge is -2.21. The van der Waals surface area contributed by atoms with Gasteiger partial charge >= 0.3 is 7.82 Å². The van der Waals surface area contributed by atoms with E-state index in [2.05, 4.69) is 16.7 Å². The normalized spacial score (nSPS) is 14.8. The van der Waals surface area contributed by atoms with Crippen LogP contribution in [-0.4, -0.2) is 60.9 Å². The fraction of sp³-hybridized carbons (Fsp3) is 0.600. The molecule has 10 heteroatoms. The molecule has 45 heavy (non-hydrogen) atoms. The summed E-state index contributed by atoms with van der Waals surface area (Å²) in [6.45, 7) is 6.88. The standard InChI is InChI=1S/C35H55N2O7P/c1-4-6-7-8-9-10-11-12-13-14-25-41-32-18-20-33(21-19-32)42-28-35(40-24-5-2)29-43-45(38,39)44-34-17-15-16-31(26-34)27-37-23-22-36(3)30-37/h15-23,26,35H,4-14,24-25,27-30H2,1-3H3,(H,38,39). The van der Waals surface area contributed by atoms with Crippen LogP contribution in [0, 0.1) is 0 Å². The minimum absolute atomic E-state index is 0.154. The van der Waals surface area contributed by atoms with E-state index in [-0.39, 0.29) is 19.0 Å². The number of nitrogens with zero attached hydrogens (tertiary/aromatic N) is 2. The molecule has 2 aromatic rings. The third-order valence-corrected chi connectivity index (χ3v) is 8.37. The van der Waals surface area contributed by atoms with E-state index in [4.69, 9.17) is 23.3 Å². The molecule has 0 spiro atoms. The number of hydrogen-bond donors (Lipinski definition) is 1. The summed E-state index contributed by atoms with van der Waals surface area (Å²) in [6, 6.07) is 14.6. The van der Waals surface area contributed by atoms with Crippen molar-refractivity contribution in [2.45, 2.75) is 97.1 Å². The van der Waals surface area contributed by atoms with E-state index in [1.165, 1.54) is 57.8 Å². The first-order valence-electron chi connectivity index (χ1n) is 16.7. The van der Waals surface area contributed by atoms with E-state index in [1.54, 1.807) is 18.2 Å². The van der Waals surface area contributed by atoms with Crippen LogP contribution in [0.3, 0.4) is 0 Å². The smallest absolute Gasteiger partial charge is 0.494 e. The van der Waals surface area contributed by atoms with Gasteiger partial charge < -0.3 is 28.5 Å². The fourth-order valence-electron chi connectivity index (χ4n) is 4.99. The molecule has 0 saturated heterocycles. The molecule has 9 nitrogen and oxygen atoms in total. The largest absolute Gasteiger partial charge is 0.527 e. The Bertz CT molecular complexity index is 1150. The van der Waals surface area contributed by atoms with E-state index < -0.39 is 13.9 Å². The molecule has 0 radical (unpaired) electrons. The number of ether oxygens (including phenoxy) is 3. The quantitative estimate of drug-likeness (QED) is 0.0842. The van der Waals surface area contributed by atoms with E-state index in [1.807, 2.05) is 56.7 Å². The molecular formula is C35H55N2O7P. The zero-order chi connectivity index (χ0) is 32.2. The zero-order valence-electron chi connectivity index (χ0n) is 27.6. The van der Waals surface area contributed by atoms with E-state index >= 15 is 0 Å². The average Bonchev–Trinajstić information content (AvgIpc) is 3.44. The second kappa shape index (κ2) is 21.2. The first-order valence-corrected chi connectivity index (χ1v) is 18.2. The average molecular weight is 647 g/mol. The van der Waals surface area contributed by atoms with Gasteiger partial charge in [0.25, 0.3) is 0 Å². The Balaban J connectivity index is 1.35. The van der Waals surface area contributed by atoms with Gasteiger partial charge in [0.15, 0.2) is 0 Å². The van der Waals surface area contributed by atoms with Crippen molar-refractivity contribution in [2.24, 2.45) is 0 Å². The lowest BCUT2D eigenvalue weighted by molar-refractivity contribution is -0.0125. The summed E-state index contributed by atoms with van der Waals surface area (Å²) < 4.78 is 41.1. The van der Waals surface area contributed by atoms with Gasteiger partial charge in [-0.2, -0.15) is 0 Å². The first-order chi connectivity index (χ1) is 21.9. The number of rotatable bonds is 25. The van der Waals surface area contributed by atoms with E-state index in [0.29, 0.717) is 25.5 Å². The van der Waals surface area contributed by atoms with Crippen LogP contribution >= 0.6 is 7.82 Å². The highest BCUT2D eigenvalue weighted by molar-refractivity contribution is 7.47. The first kappa shape index (κ1) is 36.8. The van der Waals surface area contributed by atoms with Gasteiger partial charge in [0.05, 0.1) is 19.9 Å². The fourth-order valence-corrected chi connectivity index (χ4v) is 5.78. The summed E-state index contributed by atoms with van der Waals surface area (Å²) in [5, 5.41) is 0. The summed E-state index contributed by atoms with van der Waals surface area (Å²) in [6.07, 6.45) is 17.2. The second-order valence-corrected chi connectivity index (χ2v) is 13.1. The molecule has 3 rings (SSSR count). The van der Waals surface area contributed by atoms with Gasteiger partial charge in [-0.3, -0.25) is 9.42 Å². The molecule has 0 amide bonds. The highest BCUT2D eigenvalue weighted by Gasteiger charge is 2.26. The number of benzene rings is 2. The van der Waals surface area contributed by atoms with Crippen LogP contribution in [0.1, 0.15) is 90.0 Å². The molecular weight excluding hydrogens is 591 g/mol. The van der Waals surface area contributed by atoms with E-state index in [9.17, 15) is 9.46 Å². The van der Waals surface area contributed by atoms with Crippen molar-refractivity contribution in [1.82, 2.24) is 9.80 Å². The molecule has 1 aliphatic heterocycles. The van der Waals surface area contributed by atoms with Crippen molar-refractivity contribution in [3.8, 4) is 17.2 Å². The van der Waals surface area contributed by atoms with Gasteiger partial charge in [-0.05, 0) is 54.8 Å². The molecule has 0 saturated carbocycles. The lowest BCUT2D eigenvalue weighted by atomic mass is 10.1. The molecule has 2 aromatic carbocycles. The Morgan fingerprint density at radius 3 is 2.09 bits per heavy atom. The van der Waals surface area contributed by atoms with Gasteiger partial charge in [-0.15, -0.1) is 0 Å². The van der Waals surface area contributed by atoms with Gasteiger partial charge in [0, 0.05) is 32.6 Å². The van der Waals surface area contributed by atoms with Crippen LogP contribution < -0.4 is 14.0 Å². The van der Waals surface area contributed by atoms with Crippen LogP contribution in [0.25, 0.3) is 0 Å². The molecule has 1 aliphatic rings. The van der Waals surface area contributed by atoms with E-state index in [0.717, 1.165) is 30.8 Å². The Labute approximate surface area is 271 Å². The van der Waals surface area contributed by atoms with Crippen LogP contribution in [0.4, 0.5) is 0 Å².